The van der Waals surface area contributed by atoms with Crippen LogP contribution >= 0.6 is 0 Å². The van der Waals surface area contributed by atoms with Gasteiger partial charge in [-0.3, -0.25) is 4.79 Å². The largest absolute Gasteiger partial charge is 0.418 e. The van der Waals surface area contributed by atoms with Crippen LogP contribution < -0.4 is 5.32 Å². The summed E-state index contributed by atoms with van der Waals surface area (Å²) in [6.07, 6.45) is -4.05. The zero-order chi connectivity index (χ0) is 21.1. The van der Waals surface area contributed by atoms with Crippen molar-refractivity contribution in [1.82, 2.24) is 4.31 Å². The van der Waals surface area contributed by atoms with Gasteiger partial charge < -0.3 is 5.32 Å². The van der Waals surface area contributed by atoms with Crippen molar-refractivity contribution in [1.29, 1.82) is 0 Å². The second-order valence-corrected chi connectivity index (χ2v) is 8.92. The van der Waals surface area contributed by atoms with Gasteiger partial charge in [0.25, 0.3) is 0 Å². The number of anilines is 1. The molecule has 0 saturated carbocycles. The summed E-state index contributed by atoms with van der Waals surface area (Å²) in [6, 6.07) is 13.6. The Hall–Kier alpha value is -2.39. The third-order valence-electron chi connectivity index (χ3n) is 4.90. The molecule has 9 heteroatoms. The molecule has 2 aromatic carbocycles. The molecule has 0 unspecified atom stereocenters. The molecule has 1 amide bonds. The van der Waals surface area contributed by atoms with E-state index in [-0.39, 0.29) is 37.4 Å². The number of halogens is 3. The molecule has 1 aliphatic heterocycles. The van der Waals surface area contributed by atoms with Crippen LogP contribution in [0.2, 0.25) is 0 Å². The molecule has 5 nitrogen and oxygen atoms in total. The summed E-state index contributed by atoms with van der Waals surface area (Å²) in [4.78, 5) is 12.4. The first-order valence-electron chi connectivity index (χ1n) is 9.15. The van der Waals surface area contributed by atoms with Gasteiger partial charge in [-0.25, -0.2) is 12.7 Å². The molecular formula is C20H21F3N2O3S. The summed E-state index contributed by atoms with van der Waals surface area (Å²) < 4.78 is 65.7. The highest BCUT2D eigenvalue weighted by molar-refractivity contribution is 7.88. The van der Waals surface area contributed by atoms with Crippen LogP contribution in [-0.2, 0) is 26.7 Å². The first kappa shape index (κ1) is 21.3. The number of benzene rings is 2. The highest BCUT2D eigenvalue weighted by Gasteiger charge is 2.35. The number of amides is 1. The molecule has 1 saturated heterocycles. The van der Waals surface area contributed by atoms with Crippen LogP contribution in [0.4, 0.5) is 18.9 Å². The van der Waals surface area contributed by atoms with Crippen molar-refractivity contribution < 1.29 is 26.4 Å². The van der Waals surface area contributed by atoms with Gasteiger partial charge in [0.15, 0.2) is 0 Å². The van der Waals surface area contributed by atoms with Crippen LogP contribution in [0.25, 0.3) is 0 Å². The van der Waals surface area contributed by atoms with Crippen LogP contribution in [0.5, 0.6) is 0 Å². The number of nitrogens with one attached hydrogen (secondary N) is 1. The Morgan fingerprint density at radius 1 is 1.00 bits per heavy atom. The lowest BCUT2D eigenvalue weighted by molar-refractivity contribution is -0.137. The maximum Gasteiger partial charge on any atom is 0.418 e. The smallest absolute Gasteiger partial charge is 0.325 e. The zero-order valence-corrected chi connectivity index (χ0v) is 16.3. The molecule has 29 heavy (non-hydrogen) atoms. The molecule has 0 spiro atoms. The van der Waals surface area contributed by atoms with Crippen molar-refractivity contribution in [3.8, 4) is 0 Å². The molecule has 0 aromatic heterocycles. The van der Waals surface area contributed by atoms with Gasteiger partial charge in [-0.2, -0.15) is 13.2 Å². The third kappa shape index (κ3) is 5.36. The summed E-state index contributed by atoms with van der Waals surface area (Å²) in [7, 11) is -3.52. The number of carbonyl (C=O) groups is 1. The normalized spacial score (nSPS) is 16.5. The third-order valence-corrected chi connectivity index (χ3v) is 6.75. The van der Waals surface area contributed by atoms with Gasteiger partial charge >= 0.3 is 6.18 Å². The maximum atomic E-state index is 13.1. The Kier molecular flexibility index (Phi) is 6.28. The average Bonchev–Trinajstić information content (AvgIpc) is 2.68. The standard InChI is InChI=1S/C20H21F3N2O3S/c21-20(22,23)17-8-4-5-9-18(17)24-19(26)16-10-12-25(13-11-16)29(27,28)14-15-6-2-1-3-7-15/h1-9,16H,10-14H2,(H,24,26). The second-order valence-electron chi connectivity index (χ2n) is 6.95. The molecule has 156 valence electrons. The lowest BCUT2D eigenvalue weighted by Crippen LogP contribution is -2.42. The van der Waals surface area contributed by atoms with E-state index < -0.39 is 33.6 Å². The maximum absolute atomic E-state index is 13.1. The fraction of sp³-hybridized carbons (Fsp3) is 0.350. The van der Waals surface area contributed by atoms with Crippen LogP contribution in [0.1, 0.15) is 24.0 Å². The number of nitrogens with zero attached hydrogens (tertiary/aromatic N) is 1. The molecule has 0 atom stereocenters. The Labute approximate surface area is 167 Å². The van der Waals surface area contributed by atoms with Crippen LogP contribution in [0, 0.1) is 5.92 Å². The Bertz CT molecular complexity index is 954. The number of carbonyl (C=O) groups excluding carboxylic acids is 1. The first-order chi connectivity index (χ1) is 13.7. The predicted molar refractivity (Wildman–Crippen MR) is 103 cm³/mol. The number of alkyl halides is 3. The van der Waals surface area contributed by atoms with Crippen molar-refractivity contribution in [3.63, 3.8) is 0 Å². The minimum Gasteiger partial charge on any atom is -0.325 e. The predicted octanol–water partition coefficient (Wildman–Crippen LogP) is 3.89. The minimum absolute atomic E-state index is 0.121. The van der Waals surface area contributed by atoms with E-state index in [4.69, 9.17) is 0 Å². The van der Waals surface area contributed by atoms with Crippen LogP contribution in [-0.4, -0.2) is 31.7 Å². The van der Waals surface area contributed by atoms with Crippen molar-refractivity contribution in [3.05, 3.63) is 65.7 Å². The van der Waals surface area contributed by atoms with E-state index >= 15 is 0 Å². The minimum atomic E-state index is -4.57. The number of piperidine rings is 1. The summed E-state index contributed by atoms with van der Waals surface area (Å²) in [5.74, 6) is -1.19. The lowest BCUT2D eigenvalue weighted by Gasteiger charge is -2.30. The van der Waals surface area contributed by atoms with Crippen molar-refractivity contribution in [2.75, 3.05) is 18.4 Å². The molecule has 0 bridgehead atoms. The van der Waals surface area contributed by atoms with Crippen molar-refractivity contribution in [2.45, 2.75) is 24.8 Å². The van der Waals surface area contributed by atoms with Gasteiger partial charge in [0.1, 0.15) is 0 Å². The fourth-order valence-electron chi connectivity index (χ4n) is 3.35. The van der Waals surface area contributed by atoms with Gasteiger partial charge in [0.05, 0.1) is 17.0 Å². The van der Waals surface area contributed by atoms with E-state index in [1.807, 2.05) is 0 Å². The van der Waals surface area contributed by atoms with Crippen LogP contribution in [0.15, 0.2) is 54.6 Å². The Balaban J connectivity index is 1.60. The quantitative estimate of drug-likeness (QED) is 0.789. The number of rotatable bonds is 5. The summed E-state index contributed by atoms with van der Waals surface area (Å²) in [5, 5.41) is 2.35. The van der Waals surface area contributed by atoms with E-state index in [0.717, 1.165) is 6.07 Å². The van der Waals surface area contributed by atoms with Crippen molar-refractivity contribution >= 4 is 21.6 Å². The van der Waals surface area contributed by atoms with E-state index in [0.29, 0.717) is 5.56 Å². The molecule has 0 aliphatic carbocycles. The van der Waals surface area contributed by atoms with Gasteiger partial charge in [-0.1, -0.05) is 42.5 Å². The molecule has 1 aliphatic rings. The summed E-state index contributed by atoms with van der Waals surface area (Å²) in [6.45, 7) is 0.322. The number of sulfonamides is 1. The first-order valence-corrected chi connectivity index (χ1v) is 10.8. The van der Waals surface area contributed by atoms with E-state index in [1.54, 1.807) is 30.3 Å². The Morgan fingerprint density at radius 3 is 2.21 bits per heavy atom. The topological polar surface area (TPSA) is 66.5 Å². The SMILES string of the molecule is O=C(Nc1ccccc1C(F)(F)F)C1CCN(S(=O)(=O)Cc2ccccc2)CC1. The van der Waals surface area contributed by atoms with Gasteiger partial charge in [-0.05, 0) is 30.5 Å². The highest BCUT2D eigenvalue weighted by atomic mass is 32.2. The molecule has 0 radical (unpaired) electrons. The number of hydrogen-bond donors (Lipinski definition) is 1. The highest BCUT2D eigenvalue weighted by Crippen LogP contribution is 2.35. The second kappa shape index (κ2) is 8.54. The molecule has 1 fully saturated rings. The van der Waals surface area contributed by atoms with Gasteiger partial charge in [0.2, 0.25) is 15.9 Å². The summed E-state index contributed by atoms with van der Waals surface area (Å²) >= 11 is 0. The van der Waals surface area contributed by atoms with Crippen molar-refractivity contribution in [2.24, 2.45) is 5.92 Å². The molecule has 1 N–H and O–H groups in total. The summed E-state index contributed by atoms with van der Waals surface area (Å²) in [5.41, 5.74) is -0.517. The number of hydrogen-bond acceptors (Lipinski definition) is 3. The molecule has 3 rings (SSSR count). The zero-order valence-electron chi connectivity index (χ0n) is 15.5. The van der Waals surface area contributed by atoms with Crippen LogP contribution in [0.3, 0.4) is 0 Å². The lowest BCUT2D eigenvalue weighted by atomic mass is 9.97. The average molecular weight is 426 g/mol. The molecule has 1 heterocycles. The number of para-hydroxylation sites is 1. The van der Waals surface area contributed by atoms with E-state index in [9.17, 15) is 26.4 Å². The van der Waals surface area contributed by atoms with Gasteiger partial charge in [-0.15, -0.1) is 0 Å². The Morgan fingerprint density at radius 2 is 1.59 bits per heavy atom. The van der Waals surface area contributed by atoms with E-state index in [2.05, 4.69) is 5.32 Å². The fourth-order valence-corrected chi connectivity index (χ4v) is 4.91. The van der Waals surface area contributed by atoms with Gasteiger partial charge in [0, 0.05) is 19.0 Å². The van der Waals surface area contributed by atoms with E-state index in [1.165, 1.54) is 22.5 Å². The molecular weight excluding hydrogens is 405 g/mol. The molecule has 2 aromatic rings. The monoisotopic (exact) mass is 426 g/mol.